The molecule has 0 radical (unpaired) electrons. The van der Waals surface area contributed by atoms with Gasteiger partial charge in [0.15, 0.2) is 0 Å². The van der Waals surface area contributed by atoms with Crippen LogP contribution in [-0.4, -0.2) is 28.0 Å². The Bertz CT molecular complexity index is 1030. The van der Waals surface area contributed by atoms with Gasteiger partial charge in [0.1, 0.15) is 0 Å². The van der Waals surface area contributed by atoms with Gasteiger partial charge in [-0.25, -0.2) is 4.79 Å². The summed E-state index contributed by atoms with van der Waals surface area (Å²) in [7, 11) is 0. The van der Waals surface area contributed by atoms with E-state index in [1.54, 1.807) is 67.0 Å². The molecule has 0 unspecified atom stereocenters. The van der Waals surface area contributed by atoms with E-state index in [2.05, 4.69) is 28.2 Å². The minimum absolute atomic E-state index is 0.172. The van der Waals surface area contributed by atoms with Crippen molar-refractivity contribution < 1.29 is 19.5 Å². The van der Waals surface area contributed by atoms with Crippen molar-refractivity contribution in [3.8, 4) is 0 Å². The lowest BCUT2D eigenvalue weighted by atomic mass is 10.2. The van der Waals surface area contributed by atoms with Crippen LogP contribution in [0.15, 0.2) is 78.0 Å². The van der Waals surface area contributed by atoms with Crippen molar-refractivity contribution in [2.75, 3.05) is 10.6 Å². The summed E-state index contributed by atoms with van der Waals surface area (Å²) in [4.78, 5) is 37.7. The molecule has 0 fully saturated rings. The van der Waals surface area contributed by atoms with Gasteiger partial charge < -0.3 is 21.5 Å². The van der Waals surface area contributed by atoms with Crippen LogP contribution in [0.4, 0.5) is 16.2 Å². The smallest absolute Gasteiger partial charge is 0.316 e. The lowest BCUT2D eigenvalue weighted by molar-refractivity contribution is -0.136. The molecule has 0 aliphatic carbocycles. The number of carbonyl (C=O) groups is 3. The predicted molar refractivity (Wildman–Crippen MR) is 121 cm³/mol. The van der Waals surface area contributed by atoms with Gasteiger partial charge in [-0.1, -0.05) is 12.1 Å². The first kappa shape index (κ1) is 23.4. The van der Waals surface area contributed by atoms with E-state index in [1.807, 2.05) is 6.07 Å². The Morgan fingerprint density at radius 1 is 0.968 bits per heavy atom. The Balaban J connectivity index is 0.000000262. The predicted octanol–water partition coefficient (Wildman–Crippen LogP) is 3.82. The number of rotatable bonds is 6. The molecule has 0 saturated carbocycles. The molecular weight excluding hydrogens is 416 g/mol. The van der Waals surface area contributed by atoms with Crippen molar-refractivity contribution in [3.05, 3.63) is 84.2 Å². The van der Waals surface area contributed by atoms with Crippen molar-refractivity contribution in [1.29, 1.82) is 0 Å². The molecule has 3 aromatic rings. The number of pyridine rings is 1. The number of nitrogens with two attached hydrogens (primary N) is 1. The van der Waals surface area contributed by atoms with Gasteiger partial charge in [0.05, 0.1) is 0 Å². The largest absolute Gasteiger partial charge is 0.481 e. The molecule has 0 atom stereocenters. The van der Waals surface area contributed by atoms with Crippen LogP contribution in [0.5, 0.6) is 0 Å². The fraction of sp³-hybridized carbons (Fsp3) is 0.0909. The summed E-state index contributed by atoms with van der Waals surface area (Å²) in [5, 5.41) is 13.5. The van der Waals surface area contributed by atoms with Crippen LogP contribution in [0.25, 0.3) is 0 Å². The van der Waals surface area contributed by atoms with E-state index in [-0.39, 0.29) is 12.3 Å². The van der Waals surface area contributed by atoms with Crippen molar-refractivity contribution in [2.24, 2.45) is 5.73 Å². The second-order valence-corrected chi connectivity index (χ2v) is 6.84. The lowest BCUT2D eigenvalue weighted by Crippen LogP contribution is -2.19. The SMILES string of the molecule is NC(=O)Nc1cccc(C(=O)Nc2ccc(S)cc2)c1.O=C(O)CCc1cccnc1. The van der Waals surface area contributed by atoms with Crippen molar-refractivity contribution in [3.63, 3.8) is 0 Å². The minimum Gasteiger partial charge on any atom is -0.481 e. The first-order valence-corrected chi connectivity index (χ1v) is 9.66. The van der Waals surface area contributed by atoms with E-state index in [9.17, 15) is 14.4 Å². The monoisotopic (exact) mass is 438 g/mol. The van der Waals surface area contributed by atoms with Gasteiger partial charge in [0.2, 0.25) is 0 Å². The molecule has 0 aliphatic heterocycles. The van der Waals surface area contributed by atoms with Crippen molar-refractivity contribution >= 4 is 41.9 Å². The summed E-state index contributed by atoms with van der Waals surface area (Å²) in [6.45, 7) is 0. The third kappa shape index (κ3) is 9.01. The maximum absolute atomic E-state index is 12.1. The zero-order valence-corrected chi connectivity index (χ0v) is 17.4. The summed E-state index contributed by atoms with van der Waals surface area (Å²) >= 11 is 4.17. The number of amides is 3. The average Bonchev–Trinajstić information content (AvgIpc) is 2.75. The maximum atomic E-state index is 12.1. The van der Waals surface area contributed by atoms with Crippen LogP contribution in [0.1, 0.15) is 22.3 Å². The number of thiol groups is 1. The molecule has 9 heteroatoms. The molecule has 8 nitrogen and oxygen atoms in total. The number of aliphatic carboxylic acids is 1. The fourth-order valence-electron chi connectivity index (χ4n) is 2.43. The zero-order valence-electron chi connectivity index (χ0n) is 16.5. The Kier molecular flexibility index (Phi) is 9.06. The summed E-state index contributed by atoms with van der Waals surface area (Å²) in [5.41, 5.74) is 7.56. The molecule has 0 bridgehead atoms. The number of carboxylic acids is 1. The number of aryl methyl sites for hydroxylation is 1. The van der Waals surface area contributed by atoms with Crippen LogP contribution < -0.4 is 16.4 Å². The Labute approximate surface area is 184 Å². The molecule has 1 heterocycles. The number of primary amides is 1. The van der Waals surface area contributed by atoms with Crippen LogP contribution in [0.2, 0.25) is 0 Å². The second-order valence-electron chi connectivity index (χ2n) is 6.33. The Hall–Kier alpha value is -3.85. The minimum atomic E-state index is -0.770. The molecule has 160 valence electrons. The number of benzene rings is 2. The number of anilines is 2. The summed E-state index contributed by atoms with van der Waals surface area (Å²) in [6, 6.07) is 16.6. The van der Waals surface area contributed by atoms with Crippen LogP contribution >= 0.6 is 12.6 Å². The highest BCUT2D eigenvalue weighted by Gasteiger charge is 2.07. The van der Waals surface area contributed by atoms with Crippen molar-refractivity contribution in [1.82, 2.24) is 4.98 Å². The lowest BCUT2D eigenvalue weighted by Gasteiger charge is -2.07. The molecule has 0 spiro atoms. The van der Waals surface area contributed by atoms with E-state index in [1.165, 1.54) is 0 Å². The normalized spacial score (nSPS) is 9.71. The number of nitrogens with zero attached hydrogens (tertiary/aromatic N) is 1. The van der Waals surface area contributed by atoms with E-state index >= 15 is 0 Å². The van der Waals surface area contributed by atoms with E-state index in [4.69, 9.17) is 10.8 Å². The highest BCUT2D eigenvalue weighted by Crippen LogP contribution is 2.15. The Morgan fingerprint density at radius 3 is 2.32 bits per heavy atom. The highest BCUT2D eigenvalue weighted by molar-refractivity contribution is 7.80. The maximum Gasteiger partial charge on any atom is 0.316 e. The van der Waals surface area contributed by atoms with Crippen LogP contribution in [0, 0.1) is 0 Å². The zero-order chi connectivity index (χ0) is 22.6. The van der Waals surface area contributed by atoms with Crippen LogP contribution in [0.3, 0.4) is 0 Å². The standard InChI is InChI=1S/C14H13N3O2S.C8H9NO2/c15-14(19)17-11-3-1-2-9(8-11)13(18)16-10-4-6-12(20)7-5-10;10-8(11)4-3-7-2-1-5-9-6-7/h1-8,20H,(H,16,18)(H3,15,17,19);1-2,5-6H,3-4H2,(H,10,11). The van der Waals surface area contributed by atoms with Gasteiger partial charge in [-0.05, 0) is 60.5 Å². The van der Waals surface area contributed by atoms with Gasteiger partial charge in [-0.15, -0.1) is 12.6 Å². The molecule has 5 N–H and O–H groups in total. The average molecular weight is 439 g/mol. The third-order valence-electron chi connectivity index (χ3n) is 3.87. The highest BCUT2D eigenvalue weighted by atomic mass is 32.1. The van der Waals surface area contributed by atoms with Gasteiger partial charge in [0.25, 0.3) is 5.91 Å². The van der Waals surface area contributed by atoms with Gasteiger partial charge in [-0.2, -0.15) is 0 Å². The number of aromatic nitrogens is 1. The number of urea groups is 1. The van der Waals surface area contributed by atoms with Gasteiger partial charge in [0, 0.05) is 40.6 Å². The molecule has 2 aromatic carbocycles. The topological polar surface area (TPSA) is 134 Å². The summed E-state index contributed by atoms with van der Waals surface area (Å²) in [6.07, 6.45) is 4.09. The van der Waals surface area contributed by atoms with Gasteiger partial charge in [-0.3, -0.25) is 14.6 Å². The van der Waals surface area contributed by atoms with E-state index in [0.29, 0.717) is 23.4 Å². The van der Waals surface area contributed by atoms with Crippen LogP contribution in [-0.2, 0) is 11.2 Å². The van der Waals surface area contributed by atoms with Crippen molar-refractivity contribution in [2.45, 2.75) is 17.7 Å². The quantitative estimate of drug-likeness (QED) is 0.373. The summed E-state index contributed by atoms with van der Waals surface area (Å²) in [5.74, 6) is -1.04. The number of carboxylic acid groups (broad SMARTS) is 1. The molecule has 0 saturated heterocycles. The number of hydrogen-bond acceptors (Lipinski definition) is 5. The Morgan fingerprint density at radius 2 is 1.71 bits per heavy atom. The van der Waals surface area contributed by atoms with E-state index < -0.39 is 12.0 Å². The molecule has 0 aliphatic rings. The second kappa shape index (κ2) is 12.0. The number of carbonyl (C=O) groups excluding carboxylic acids is 2. The van der Waals surface area contributed by atoms with Gasteiger partial charge >= 0.3 is 12.0 Å². The summed E-state index contributed by atoms with van der Waals surface area (Å²) < 4.78 is 0. The molecule has 31 heavy (non-hydrogen) atoms. The van der Waals surface area contributed by atoms with E-state index in [0.717, 1.165) is 10.5 Å². The number of nitrogens with one attached hydrogen (secondary N) is 2. The molecule has 3 rings (SSSR count). The fourth-order valence-corrected chi connectivity index (χ4v) is 2.57. The molecule has 3 amide bonds. The number of hydrogen-bond donors (Lipinski definition) is 5. The molecular formula is C22H22N4O4S. The molecule has 1 aromatic heterocycles. The first-order valence-electron chi connectivity index (χ1n) is 9.21. The third-order valence-corrected chi connectivity index (χ3v) is 4.17. The first-order chi connectivity index (χ1) is 14.8.